The summed E-state index contributed by atoms with van der Waals surface area (Å²) in [7, 11) is 1.97. The summed E-state index contributed by atoms with van der Waals surface area (Å²) in [5.41, 5.74) is 1.32. The van der Waals surface area contributed by atoms with Gasteiger partial charge in [0.25, 0.3) is 0 Å². The highest BCUT2D eigenvalue weighted by Crippen LogP contribution is 2.12. The lowest BCUT2D eigenvalue weighted by Crippen LogP contribution is -2.39. The lowest BCUT2D eigenvalue weighted by molar-refractivity contribution is 0.688. The van der Waals surface area contributed by atoms with Gasteiger partial charge in [-0.3, -0.25) is 0 Å². The molecule has 26 heavy (non-hydrogen) atoms. The normalized spacial score (nSPS) is 12.8. The number of nitrogens with zero attached hydrogens (tertiary/aromatic N) is 4. The quantitative estimate of drug-likeness (QED) is 0.401. The zero-order valence-electron chi connectivity index (χ0n) is 16.2. The van der Waals surface area contributed by atoms with Crippen LogP contribution in [0.5, 0.6) is 0 Å². The van der Waals surface area contributed by atoms with Crippen LogP contribution in [0.15, 0.2) is 35.3 Å². The summed E-state index contributed by atoms with van der Waals surface area (Å²) in [6.07, 6.45) is 3.24. The summed E-state index contributed by atoms with van der Waals surface area (Å²) >= 11 is 1.86. The van der Waals surface area contributed by atoms with E-state index in [0.717, 1.165) is 42.9 Å². The lowest BCUT2D eigenvalue weighted by atomic mass is 10.0. The minimum atomic E-state index is 0.409. The summed E-state index contributed by atoms with van der Waals surface area (Å²) in [5, 5.41) is 15.2. The van der Waals surface area contributed by atoms with Crippen LogP contribution in [0.3, 0.4) is 0 Å². The Bertz CT molecular complexity index is 683. The molecule has 0 radical (unpaired) electrons. The van der Waals surface area contributed by atoms with E-state index in [2.05, 4.69) is 58.3 Å². The van der Waals surface area contributed by atoms with Gasteiger partial charge in [0.15, 0.2) is 11.8 Å². The minimum absolute atomic E-state index is 0.409. The van der Waals surface area contributed by atoms with Crippen LogP contribution in [0.4, 0.5) is 0 Å². The van der Waals surface area contributed by atoms with Crippen LogP contribution in [0.2, 0.25) is 0 Å². The van der Waals surface area contributed by atoms with Crippen molar-refractivity contribution >= 4 is 17.7 Å². The first-order valence-corrected chi connectivity index (χ1v) is 10.4. The van der Waals surface area contributed by atoms with Gasteiger partial charge in [-0.25, -0.2) is 4.99 Å². The number of guanidine groups is 1. The summed E-state index contributed by atoms with van der Waals surface area (Å²) in [6.45, 7) is 6.41. The minimum Gasteiger partial charge on any atom is -0.356 e. The number of aromatic nitrogens is 3. The fourth-order valence-electron chi connectivity index (χ4n) is 2.49. The maximum absolute atomic E-state index is 4.70. The monoisotopic (exact) mass is 374 g/mol. The molecule has 0 fully saturated rings. The molecule has 0 amide bonds. The zero-order chi connectivity index (χ0) is 18.8. The smallest absolute Gasteiger partial charge is 0.191 e. The molecule has 0 saturated carbocycles. The van der Waals surface area contributed by atoms with Gasteiger partial charge in [-0.15, -0.1) is 10.2 Å². The SMILES string of the molecule is CSCCCNC(=NCc1nnc(C)n1C)NCC(C)c1ccccc1. The third kappa shape index (κ3) is 6.37. The van der Waals surface area contributed by atoms with Gasteiger partial charge in [0.2, 0.25) is 0 Å². The number of hydrogen-bond acceptors (Lipinski definition) is 4. The number of aliphatic imine (C=N–C) groups is 1. The molecule has 2 N–H and O–H groups in total. The number of hydrogen-bond donors (Lipinski definition) is 2. The second-order valence-electron chi connectivity index (χ2n) is 6.35. The van der Waals surface area contributed by atoms with Crippen molar-refractivity contribution < 1.29 is 0 Å². The van der Waals surface area contributed by atoms with Crippen LogP contribution < -0.4 is 10.6 Å². The molecule has 1 aromatic carbocycles. The first-order valence-electron chi connectivity index (χ1n) is 9.02. The fraction of sp³-hybridized carbons (Fsp3) is 0.526. The third-order valence-corrected chi connectivity index (χ3v) is 5.02. The topological polar surface area (TPSA) is 67.1 Å². The van der Waals surface area contributed by atoms with Gasteiger partial charge in [-0.2, -0.15) is 11.8 Å². The summed E-state index contributed by atoms with van der Waals surface area (Å²) in [6, 6.07) is 10.5. The molecule has 0 aliphatic rings. The molecular formula is C19H30N6S. The van der Waals surface area contributed by atoms with Crippen molar-refractivity contribution in [3.05, 3.63) is 47.5 Å². The van der Waals surface area contributed by atoms with Crippen molar-refractivity contribution in [1.29, 1.82) is 0 Å². The molecule has 1 atom stereocenters. The maximum Gasteiger partial charge on any atom is 0.191 e. The Morgan fingerprint density at radius 3 is 2.65 bits per heavy atom. The van der Waals surface area contributed by atoms with Gasteiger partial charge in [0.1, 0.15) is 12.4 Å². The molecule has 0 saturated heterocycles. The molecule has 0 aliphatic heterocycles. The highest BCUT2D eigenvalue weighted by Gasteiger charge is 2.08. The first-order chi connectivity index (χ1) is 12.6. The van der Waals surface area contributed by atoms with E-state index in [9.17, 15) is 0 Å². The van der Waals surface area contributed by atoms with Gasteiger partial charge in [-0.1, -0.05) is 37.3 Å². The van der Waals surface area contributed by atoms with E-state index in [0.29, 0.717) is 12.5 Å². The van der Waals surface area contributed by atoms with E-state index in [4.69, 9.17) is 4.99 Å². The van der Waals surface area contributed by atoms with Crippen LogP contribution in [-0.2, 0) is 13.6 Å². The fourth-order valence-corrected chi connectivity index (χ4v) is 2.92. The molecule has 2 aromatic rings. The second-order valence-corrected chi connectivity index (χ2v) is 7.34. The Labute approximate surface area is 160 Å². The Morgan fingerprint density at radius 1 is 1.23 bits per heavy atom. The van der Waals surface area contributed by atoms with Crippen molar-refractivity contribution in [3.63, 3.8) is 0 Å². The molecular weight excluding hydrogens is 344 g/mol. The van der Waals surface area contributed by atoms with Gasteiger partial charge >= 0.3 is 0 Å². The second kappa shape index (κ2) is 10.9. The van der Waals surface area contributed by atoms with E-state index in [-0.39, 0.29) is 0 Å². The molecule has 6 nitrogen and oxygen atoms in total. The molecule has 0 spiro atoms. The summed E-state index contributed by atoms with van der Waals surface area (Å²) in [5.74, 6) is 4.14. The number of benzene rings is 1. The predicted octanol–water partition coefficient (Wildman–Crippen LogP) is 2.72. The average molecular weight is 375 g/mol. The van der Waals surface area contributed by atoms with Crippen molar-refractivity contribution in [3.8, 4) is 0 Å². The molecule has 1 aromatic heterocycles. The van der Waals surface area contributed by atoms with Gasteiger partial charge < -0.3 is 15.2 Å². The number of rotatable bonds is 9. The average Bonchev–Trinajstić information content (AvgIpc) is 2.99. The van der Waals surface area contributed by atoms with Gasteiger partial charge in [0.05, 0.1) is 0 Å². The number of nitrogens with one attached hydrogen (secondary N) is 2. The Balaban J connectivity index is 1.95. The van der Waals surface area contributed by atoms with E-state index >= 15 is 0 Å². The van der Waals surface area contributed by atoms with E-state index < -0.39 is 0 Å². The number of aryl methyl sites for hydroxylation is 1. The summed E-state index contributed by atoms with van der Waals surface area (Å²) in [4.78, 5) is 4.70. The highest BCUT2D eigenvalue weighted by atomic mass is 32.2. The van der Waals surface area contributed by atoms with Crippen LogP contribution in [-0.4, -0.2) is 45.8 Å². The van der Waals surface area contributed by atoms with E-state index in [1.54, 1.807) is 0 Å². The maximum atomic E-state index is 4.70. The molecule has 7 heteroatoms. The molecule has 2 rings (SSSR count). The standard InChI is InChI=1S/C19H30N6S/c1-15(17-9-6-5-7-10-17)13-21-19(20-11-8-12-26-4)22-14-18-24-23-16(2)25(18)3/h5-7,9-10,15H,8,11-14H2,1-4H3,(H2,20,21,22). The van der Waals surface area contributed by atoms with Crippen LogP contribution in [0.1, 0.15) is 36.5 Å². The molecule has 142 valence electrons. The predicted molar refractivity (Wildman–Crippen MR) is 111 cm³/mol. The van der Waals surface area contributed by atoms with E-state index in [1.807, 2.05) is 36.4 Å². The molecule has 1 unspecified atom stereocenters. The van der Waals surface area contributed by atoms with Crippen LogP contribution in [0.25, 0.3) is 0 Å². The third-order valence-electron chi connectivity index (χ3n) is 4.32. The Kier molecular flexibility index (Phi) is 8.47. The summed E-state index contributed by atoms with van der Waals surface area (Å²) < 4.78 is 1.97. The van der Waals surface area contributed by atoms with Crippen molar-refractivity contribution in [1.82, 2.24) is 25.4 Å². The number of thioether (sulfide) groups is 1. The Morgan fingerprint density at radius 2 is 2.00 bits per heavy atom. The van der Waals surface area contributed by atoms with Crippen molar-refractivity contribution in [2.75, 3.05) is 25.1 Å². The molecule has 0 bridgehead atoms. The Hall–Kier alpha value is -2.02. The highest BCUT2D eigenvalue weighted by molar-refractivity contribution is 7.98. The lowest BCUT2D eigenvalue weighted by Gasteiger charge is -2.17. The van der Waals surface area contributed by atoms with E-state index in [1.165, 1.54) is 5.56 Å². The van der Waals surface area contributed by atoms with Crippen LogP contribution >= 0.6 is 11.8 Å². The molecule has 0 aliphatic carbocycles. The van der Waals surface area contributed by atoms with Crippen molar-refractivity contribution in [2.24, 2.45) is 12.0 Å². The van der Waals surface area contributed by atoms with Crippen LogP contribution in [0, 0.1) is 6.92 Å². The van der Waals surface area contributed by atoms with Gasteiger partial charge in [0, 0.05) is 20.1 Å². The largest absolute Gasteiger partial charge is 0.356 e. The van der Waals surface area contributed by atoms with Gasteiger partial charge in [-0.05, 0) is 36.8 Å². The van der Waals surface area contributed by atoms with Crippen molar-refractivity contribution in [2.45, 2.75) is 32.7 Å². The molecule has 1 heterocycles. The first kappa shape index (κ1) is 20.3. The zero-order valence-corrected chi connectivity index (χ0v) is 17.0.